The van der Waals surface area contributed by atoms with Crippen LogP contribution in [0.4, 0.5) is 5.69 Å². The second kappa shape index (κ2) is 9.46. The number of hydrogen-bond donors (Lipinski definition) is 1. The van der Waals surface area contributed by atoms with Crippen molar-refractivity contribution < 1.29 is 19.1 Å². The van der Waals surface area contributed by atoms with Crippen LogP contribution in [0.15, 0.2) is 54.9 Å². The van der Waals surface area contributed by atoms with Gasteiger partial charge in [-0.3, -0.25) is 19.3 Å². The number of fused-ring (bicyclic) bond motifs is 1. The molecule has 2 aliphatic heterocycles. The van der Waals surface area contributed by atoms with Crippen LogP contribution < -0.4 is 5.32 Å². The van der Waals surface area contributed by atoms with Crippen molar-refractivity contribution in [3.8, 4) is 0 Å². The lowest BCUT2D eigenvalue weighted by Crippen LogP contribution is -2.36. The maximum Gasteiger partial charge on any atom is 0.261 e. The molecule has 8 nitrogen and oxygen atoms in total. The Kier molecular flexibility index (Phi) is 6.21. The van der Waals surface area contributed by atoms with E-state index in [9.17, 15) is 14.4 Å². The van der Waals surface area contributed by atoms with Gasteiger partial charge in [0.2, 0.25) is 0 Å². The maximum absolute atomic E-state index is 13.0. The first kappa shape index (κ1) is 23.0. The average molecular weight is 473 g/mol. The minimum absolute atomic E-state index is 0.119. The number of rotatable bonds is 7. The Morgan fingerprint density at radius 3 is 2.74 bits per heavy atom. The van der Waals surface area contributed by atoms with Crippen LogP contribution in [0.5, 0.6) is 0 Å². The summed E-state index contributed by atoms with van der Waals surface area (Å²) in [4.78, 5) is 44.3. The molecule has 5 rings (SSSR count). The van der Waals surface area contributed by atoms with E-state index in [0.717, 1.165) is 24.2 Å². The van der Waals surface area contributed by atoms with Gasteiger partial charge in [0.15, 0.2) is 0 Å². The van der Waals surface area contributed by atoms with Crippen molar-refractivity contribution >= 4 is 23.4 Å². The normalized spacial score (nSPS) is 17.3. The molecular weight excluding hydrogens is 444 g/mol. The monoisotopic (exact) mass is 472 g/mol. The van der Waals surface area contributed by atoms with E-state index in [2.05, 4.69) is 28.7 Å². The number of nitrogens with zero attached hydrogens (tertiary/aromatic N) is 3. The maximum atomic E-state index is 13.0. The smallest absolute Gasteiger partial charge is 0.261 e. The van der Waals surface area contributed by atoms with Crippen LogP contribution >= 0.6 is 0 Å². The van der Waals surface area contributed by atoms with Gasteiger partial charge in [0.1, 0.15) is 5.82 Å². The second-order valence-corrected chi connectivity index (χ2v) is 9.34. The highest BCUT2D eigenvalue weighted by Crippen LogP contribution is 2.26. The minimum Gasteiger partial charge on any atom is -0.376 e. The van der Waals surface area contributed by atoms with Crippen molar-refractivity contribution in [1.29, 1.82) is 0 Å². The highest BCUT2D eigenvalue weighted by Gasteiger charge is 2.38. The van der Waals surface area contributed by atoms with Crippen LogP contribution in [0.1, 0.15) is 75.1 Å². The fraction of sp³-hybridized carbons (Fsp3) is 0.333. The lowest BCUT2D eigenvalue weighted by molar-refractivity contribution is 0.0475. The fourth-order valence-electron chi connectivity index (χ4n) is 4.69. The second-order valence-electron chi connectivity index (χ2n) is 9.34. The number of amides is 3. The van der Waals surface area contributed by atoms with Crippen LogP contribution in [0, 0.1) is 0 Å². The van der Waals surface area contributed by atoms with Crippen LogP contribution in [0.25, 0.3) is 0 Å². The Bertz CT molecular complexity index is 1290. The molecule has 3 aromatic rings. The van der Waals surface area contributed by atoms with E-state index in [1.807, 2.05) is 30.5 Å². The molecule has 1 saturated heterocycles. The van der Waals surface area contributed by atoms with Gasteiger partial charge in [0.25, 0.3) is 17.7 Å². The van der Waals surface area contributed by atoms with Gasteiger partial charge in [-0.2, -0.15) is 0 Å². The molecule has 1 atom stereocenters. The van der Waals surface area contributed by atoms with Crippen molar-refractivity contribution in [2.45, 2.75) is 45.3 Å². The summed E-state index contributed by atoms with van der Waals surface area (Å²) in [6.07, 6.45) is 5.39. The number of hydrogen-bond acceptors (Lipinski definition) is 5. The molecule has 180 valence electrons. The van der Waals surface area contributed by atoms with Gasteiger partial charge in [-0.05, 0) is 48.7 Å². The zero-order valence-corrected chi connectivity index (χ0v) is 19.9. The van der Waals surface area contributed by atoms with E-state index < -0.39 is 0 Å². The molecule has 2 aromatic carbocycles. The Balaban J connectivity index is 1.30. The summed E-state index contributed by atoms with van der Waals surface area (Å²) in [6, 6.07) is 12.3. The number of carbonyl (C=O) groups is 3. The predicted molar refractivity (Wildman–Crippen MR) is 131 cm³/mol. The van der Waals surface area contributed by atoms with Gasteiger partial charge in [0.05, 0.1) is 23.8 Å². The molecule has 35 heavy (non-hydrogen) atoms. The zero-order valence-electron chi connectivity index (χ0n) is 19.9. The standard InChI is InChI=1S/C27H28N4O4/c1-17(2)24-28-10-11-30(24)15-18-5-3-6-20(13-18)29-25(32)19-8-9-22-23(14-19)27(34)31(26(22)33)16-21-7-4-12-35-21/h3,5-6,8-11,13-14,17,21H,4,7,12,15-16H2,1-2H3,(H,29,32). The summed E-state index contributed by atoms with van der Waals surface area (Å²) in [5.74, 6) is 0.265. The minimum atomic E-state index is -0.376. The molecule has 0 bridgehead atoms. The molecule has 1 fully saturated rings. The third-order valence-electron chi connectivity index (χ3n) is 6.44. The van der Waals surface area contributed by atoms with Crippen molar-refractivity contribution in [1.82, 2.24) is 14.5 Å². The molecule has 3 heterocycles. The molecular formula is C27H28N4O4. The molecule has 1 N–H and O–H groups in total. The van der Waals surface area contributed by atoms with Gasteiger partial charge >= 0.3 is 0 Å². The Labute approximate surface area is 203 Å². The number of anilines is 1. The van der Waals surface area contributed by atoms with Gasteiger partial charge in [-0.25, -0.2) is 4.98 Å². The van der Waals surface area contributed by atoms with Crippen molar-refractivity contribution in [3.05, 3.63) is 82.9 Å². The van der Waals surface area contributed by atoms with Crippen LogP contribution in [0.2, 0.25) is 0 Å². The average Bonchev–Trinajstić information content (AvgIpc) is 3.57. The van der Waals surface area contributed by atoms with Gasteiger partial charge in [-0.15, -0.1) is 0 Å². The Morgan fingerprint density at radius 2 is 1.97 bits per heavy atom. The molecule has 0 radical (unpaired) electrons. The van der Waals surface area contributed by atoms with E-state index in [-0.39, 0.29) is 35.9 Å². The summed E-state index contributed by atoms with van der Waals surface area (Å²) in [5, 5.41) is 2.91. The molecule has 0 saturated carbocycles. The van der Waals surface area contributed by atoms with Crippen molar-refractivity contribution in [2.24, 2.45) is 0 Å². The van der Waals surface area contributed by atoms with Crippen LogP contribution in [-0.2, 0) is 11.3 Å². The fourth-order valence-corrected chi connectivity index (χ4v) is 4.69. The number of benzene rings is 2. The molecule has 0 aliphatic carbocycles. The van der Waals surface area contributed by atoms with E-state index in [1.54, 1.807) is 18.3 Å². The summed E-state index contributed by atoms with van der Waals surface area (Å²) >= 11 is 0. The quantitative estimate of drug-likeness (QED) is 0.523. The largest absolute Gasteiger partial charge is 0.376 e. The summed E-state index contributed by atoms with van der Waals surface area (Å²) in [5.41, 5.74) is 2.60. The van der Waals surface area contributed by atoms with Crippen LogP contribution in [-0.4, -0.2) is 51.4 Å². The third-order valence-corrected chi connectivity index (χ3v) is 6.44. The number of aromatic nitrogens is 2. The first-order valence-corrected chi connectivity index (χ1v) is 11.9. The van der Waals surface area contributed by atoms with Gasteiger partial charge in [0, 0.05) is 42.7 Å². The van der Waals surface area contributed by atoms with Crippen molar-refractivity contribution in [3.63, 3.8) is 0 Å². The lowest BCUT2D eigenvalue weighted by Gasteiger charge is -2.17. The highest BCUT2D eigenvalue weighted by molar-refractivity contribution is 6.22. The highest BCUT2D eigenvalue weighted by atomic mass is 16.5. The molecule has 8 heteroatoms. The molecule has 0 spiro atoms. The Hall–Kier alpha value is -3.78. The topological polar surface area (TPSA) is 93.5 Å². The predicted octanol–water partition coefficient (Wildman–Crippen LogP) is 4.08. The van der Waals surface area contributed by atoms with E-state index in [4.69, 9.17) is 4.74 Å². The first-order chi connectivity index (χ1) is 16.9. The van der Waals surface area contributed by atoms with E-state index in [1.165, 1.54) is 11.0 Å². The molecule has 2 aliphatic rings. The van der Waals surface area contributed by atoms with Crippen molar-refractivity contribution in [2.75, 3.05) is 18.5 Å². The van der Waals surface area contributed by atoms with E-state index >= 15 is 0 Å². The van der Waals surface area contributed by atoms with Gasteiger partial charge < -0.3 is 14.6 Å². The molecule has 3 amide bonds. The van der Waals surface area contributed by atoms with Crippen LogP contribution in [0.3, 0.4) is 0 Å². The van der Waals surface area contributed by atoms with E-state index in [0.29, 0.717) is 35.9 Å². The number of imide groups is 1. The first-order valence-electron chi connectivity index (χ1n) is 11.9. The number of imidazole rings is 1. The molecule has 1 aromatic heterocycles. The number of ether oxygens (including phenoxy) is 1. The SMILES string of the molecule is CC(C)c1nccn1Cc1cccc(NC(=O)c2ccc3c(c2)C(=O)N(CC2CCCO2)C3=O)c1. The zero-order chi connectivity index (χ0) is 24.5. The number of carbonyl (C=O) groups excluding carboxylic acids is 3. The van der Waals surface area contributed by atoms with Gasteiger partial charge in [-0.1, -0.05) is 26.0 Å². The summed E-state index contributed by atoms with van der Waals surface area (Å²) < 4.78 is 7.68. The summed E-state index contributed by atoms with van der Waals surface area (Å²) in [6.45, 7) is 5.75. The summed E-state index contributed by atoms with van der Waals surface area (Å²) in [7, 11) is 0. The molecule has 1 unspecified atom stereocenters. The third kappa shape index (κ3) is 4.61. The lowest BCUT2D eigenvalue weighted by atomic mass is 10.1. The number of nitrogens with one attached hydrogen (secondary N) is 1. The Morgan fingerprint density at radius 1 is 1.14 bits per heavy atom.